The lowest BCUT2D eigenvalue weighted by atomic mass is 9.80. The van der Waals surface area contributed by atoms with Crippen LogP contribution in [0.2, 0.25) is 0 Å². The Kier molecular flexibility index (Phi) is 7.94. The second kappa shape index (κ2) is 9.44. The molecule has 1 atom stereocenters. The number of aliphatic carboxylic acids is 1. The first kappa shape index (κ1) is 20.2. The van der Waals surface area contributed by atoms with Crippen molar-refractivity contribution >= 4 is 24.5 Å². The van der Waals surface area contributed by atoms with Gasteiger partial charge in [-0.1, -0.05) is 51.5 Å². The summed E-state index contributed by atoms with van der Waals surface area (Å²) in [4.78, 5) is 25.6. The van der Waals surface area contributed by atoms with E-state index in [4.69, 9.17) is 10.0 Å². The molecular weight excluding hydrogens is 309 g/mol. The highest BCUT2D eigenvalue weighted by Gasteiger charge is 2.32. The molecular formula is C17H26BNO5. The van der Waals surface area contributed by atoms with Crippen LogP contribution in [0.4, 0.5) is 0 Å². The summed E-state index contributed by atoms with van der Waals surface area (Å²) in [7, 11) is -1.55. The summed E-state index contributed by atoms with van der Waals surface area (Å²) >= 11 is 0. The van der Waals surface area contributed by atoms with Crippen LogP contribution >= 0.6 is 0 Å². The monoisotopic (exact) mass is 335 g/mol. The summed E-state index contributed by atoms with van der Waals surface area (Å²) in [6.07, 6.45) is 1.90. The van der Waals surface area contributed by atoms with E-state index in [0.29, 0.717) is 11.9 Å². The maximum absolute atomic E-state index is 12.5. The zero-order valence-corrected chi connectivity index (χ0v) is 14.5. The average molecular weight is 335 g/mol. The van der Waals surface area contributed by atoms with Crippen molar-refractivity contribution in [3.8, 4) is 0 Å². The third-order valence-corrected chi connectivity index (χ3v) is 3.92. The molecule has 7 heteroatoms. The molecule has 0 fully saturated rings. The number of unbranched alkanes of at least 4 members (excludes halogenated alkanes) is 1. The van der Waals surface area contributed by atoms with Crippen LogP contribution in [-0.4, -0.2) is 45.1 Å². The molecule has 1 aromatic carbocycles. The van der Waals surface area contributed by atoms with Crippen LogP contribution in [0.25, 0.3) is 0 Å². The smallest absolute Gasteiger partial charge is 0.480 e. The molecule has 0 bridgehead atoms. The first-order chi connectivity index (χ1) is 11.3. The number of carbonyl (C=O) groups excluding carboxylic acids is 1. The van der Waals surface area contributed by atoms with Crippen LogP contribution in [0.5, 0.6) is 0 Å². The van der Waals surface area contributed by atoms with Crippen molar-refractivity contribution < 1.29 is 24.7 Å². The summed E-state index contributed by atoms with van der Waals surface area (Å²) in [6.45, 7) is 5.72. The van der Waals surface area contributed by atoms with Crippen molar-refractivity contribution in [1.82, 2.24) is 4.90 Å². The van der Waals surface area contributed by atoms with Crippen molar-refractivity contribution in [2.45, 2.75) is 52.6 Å². The SMILES string of the molecule is CCCCC(=O)N(Cc1ccc(B(O)O)cc1)[C@H](C(=O)O)C(C)C. The van der Waals surface area contributed by atoms with E-state index in [9.17, 15) is 14.7 Å². The van der Waals surface area contributed by atoms with E-state index in [1.165, 1.54) is 4.90 Å². The third-order valence-electron chi connectivity index (χ3n) is 3.92. The number of carboxylic acids is 1. The van der Waals surface area contributed by atoms with Gasteiger partial charge in [-0.25, -0.2) is 4.79 Å². The van der Waals surface area contributed by atoms with Gasteiger partial charge in [0.2, 0.25) is 5.91 Å². The molecule has 24 heavy (non-hydrogen) atoms. The minimum Gasteiger partial charge on any atom is -0.480 e. The normalized spacial score (nSPS) is 12.1. The van der Waals surface area contributed by atoms with Crippen molar-refractivity contribution in [1.29, 1.82) is 0 Å². The molecule has 132 valence electrons. The Hall–Kier alpha value is -1.86. The zero-order chi connectivity index (χ0) is 18.3. The highest BCUT2D eigenvalue weighted by Crippen LogP contribution is 2.17. The second-order valence-corrected chi connectivity index (χ2v) is 6.27. The summed E-state index contributed by atoms with van der Waals surface area (Å²) in [5, 5.41) is 27.8. The van der Waals surface area contributed by atoms with Gasteiger partial charge in [0.15, 0.2) is 0 Å². The van der Waals surface area contributed by atoms with Gasteiger partial charge in [-0.3, -0.25) is 4.79 Å². The summed E-state index contributed by atoms with van der Waals surface area (Å²) < 4.78 is 0. The summed E-state index contributed by atoms with van der Waals surface area (Å²) in [6, 6.07) is 5.57. The van der Waals surface area contributed by atoms with E-state index in [1.807, 2.05) is 6.92 Å². The Morgan fingerprint density at radius 1 is 1.17 bits per heavy atom. The van der Waals surface area contributed by atoms with Crippen LogP contribution in [0.1, 0.15) is 45.6 Å². The lowest BCUT2D eigenvalue weighted by molar-refractivity contribution is -0.153. The van der Waals surface area contributed by atoms with Gasteiger partial charge in [-0.05, 0) is 23.4 Å². The fourth-order valence-electron chi connectivity index (χ4n) is 2.58. The van der Waals surface area contributed by atoms with Crippen molar-refractivity contribution in [2.75, 3.05) is 0 Å². The van der Waals surface area contributed by atoms with Crippen molar-refractivity contribution in [3.05, 3.63) is 29.8 Å². The topological polar surface area (TPSA) is 98.1 Å². The van der Waals surface area contributed by atoms with E-state index < -0.39 is 19.1 Å². The van der Waals surface area contributed by atoms with Crippen LogP contribution in [0.15, 0.2) is 24.3 Å². The highest BCUT2D eigenvalue weighted by atomic mass is 16.4. The molecule has 0 saturated heterocycles. The Balaban J connectivity index is 3.03. The molecule has 0 unspecified atom stereocenters. The number of rotatable bonds is 9. The zero-order valence-electron chi connectivity index (χ0n) is 14.5. The van der Waals surface area contributed by atoms with Gasteiger partial charge in [-0.2, -0.15) is 0 Å². The average Bonchev–Trinajstić information content (AvgIpc) is 2.51. The van der Waals surface area contributed by atoms with Gasteiger partial charge in [0.25, 0.3) is 0 Å². The number of amides is 1. The van der Waals surface area contributed by atoms with Crippen molar-refractivity contribution in [3.63, 3.8) is 0 Å². The number of nitrogens with zero attached hydrogens (tertiary/aromatic N) is 1. The predicted octanol–water partition coefficient (Wildman–Crippen LogP) is 0.994. The Morgan fingerprint density at radius 2 is 1.75 bits per heavy atom. The van der Waals surface area contributed by atoms with Crippen LogP contribution < -0.4 is 5.46 Å². The quantitative estimate of drug-likeness (QED) is 0.585. The largest absolute Gasteiger partial charge is 0.488 e. The molecule has 1 amide bonds. The standard InChI is InChI=1S/C17H26BNO5/c1-4-5-6-15(20)19(16(12(2)3)17(21)22)11-13-7-9-14(10-8-13)18(23)24/h7-10,12,16,23-24H,4-6,11H2,1-3H3,(H,21,22)/t16-/m0/s1. The molecule has 0 spiro atoms. The Bertz CT molecular complexity index is 544. The molecule has 6 nitrogen and oxygen atoms in total. The van der Waals surface area contributed by atoms with E-state index in [1.54, 1.807) is 38.1 Å². The maximum atomic E-state index is 12.5. The number of hydrogen-bond acceptors (Lipinski definition) is 4. The summed E-state index contributed by atoms with van der Waals surface area (Å²) in [5.74, 6) is -1.41. The van der Waals surface area contributed by atoms with Crippen molar-refractivity contribution in [2.24, 2.45) is 5.92 Å². The van der Waals surface area contributed by atoms with E-state index >= 15 is 0 Å². The molecule has 0 aliphatic rings. The molecule has 0 radical (unpaired) electrons. The first-order valence-corrected chi connectivity index (χ1v) is 8.25. The Morgan fingerprint density at radius 3 is 2.17 bits per heavy atom. The molecule has 0 aliphatic carbocycles. The molecule has 0 heterocycles. The maximum Gasteiger partial charge on any atom is 0.488 e. The van der Waals surface area contributed by atoms with Gasteiger partial charge in [0.05, 0.1) is 0 Å². The molecule has 1 aromatic rings. The Labute approximate surface area is 143 Å². The molecule has 3 N–H and O–H groups in total. The number of carbonyl (C=O) groups is 2. The number of carboxylic acid groups (broad SMARTS) is 1. The molecule has 0 aromatic heterocycles. The fraction of sp³-hybridized carbons (Fsp3) is 0.529. The minimum absolute atomic E-state index is 0.177. The van der Waals surface area contributed by atoms with Gasteiger partial charge >= 0.3 is 13.1 Å². The fourth-order valence-corrected chi connectivity index (χ4v) is 2.58. The first-order valence-electron chi connectivity index (χ1n) is 8.25. The van der Waals surface area contributed by atoms with Gasteiger partial charge < -0.3 is 20.1 Å². The predicted molar refractivity (Wildman–Crippen MR) is 92.6 cm³/mol. The van der Waals surface area contributed by atoms with E-state index in [2.05, 4.69) is 0 Å². The molecule has 1 rings (SSSR count). The summed E-state index contributed by atoms with van der Waals surface area (Å²) in [5.41, 5.74) is 1.09. The van der Waals surface area contributed by atoms with Crippen LogP contribution in [0.3, 0.4) is 0 Å². The lowest BCUT2D eigenvalue weighted by Crippen LogP contribution is -2.47. The van der Waals surface area contributed by atoms with E-state index in [-0.39, 0.29) is 18.4 Å². The van der Waals surface area contributed by atoms with Gasteiger partial charge in [-0.15, -0.1) is 0 Å². The van der Waals surface area contributed by atoms with Gasteiger partial charge in [0.1, 0.15) is 6.04 Å². The van der Waals surface area contributed by atoms with E-state index in [0.717, 1.165) is 18.4 Å². The van der Waals surface area contributed by atoms with Crippen LogP contribution in [-0.2, 0) is 16.1 Å². The number of benzene rings is 1. The lowest BCUT2D eigenvalue weighted by Gasteiger charge is -2.32. The van der Waals surface area contributed by atoms with Gasteiger partial charge in [0, 0.05) is 13.0 Å². The third kappa shape index (κ3) is 5.65. The molecule has 0 aliphatic heterocycles. The minimum atomic E-state index is -1.55. The molecule has 0 saturated carbocycles. The highest BCUT2D eigenvalue weighted by molar-refractivity contribution is 6.58. The second-order valence-electron chi connectivity index (χ2n) is 6.27. The number of hydrogen-bond donors (Lipinski definition) is 3. The van der Waals surface area contributed by atoms with Crippen LogP contribution in [0, 0.1) is 5.92 Å².